The van der Waals surface area contributed by atoms with E-state index in [1.165, 1.54) is 0 Å². The lowest BCUT2D eigenvalue weighted by molar-refractivity contribution is 0.104. The Balaban J connectivity index is 2.29. The molecule has 2 aromatic rings. The Labute approximate surface area is 107 Å². The number of allylic oxidation sites excluding steroid dienone is 1. The smallest absolute Gasteiger partial charge is 0.187 e. The van der Waals surface area contributed by atoms with E-state index in [4.69, 9.17) is 0 Å². The van der Waals surface area contributed by atoms with Crippen LogP contribution in [0, 0.1) is 0 Å². The summed E-state index contributed by atoms with van der Waals surface area (Å²) >= 11 is 0. The number of benzene rings is 2. The first-order chi connectivity index (χ1) is 8.81. The molecule has 2 aromatic carbocycles. The van der Waals surface area contributed by atoms with Crippen LogP contribution >= 0.6 is 0 Å². The molecule has 0 aliphatic carbocycles. The van der Waals surface area contributed by atoms with Gasteiger partial charge in [0.25, 0.3) is 0 Å². The molecule has 0 spiro atoms. The Morgan fingerprint density at radius 1 is 0.889 bits per heavy atom. The fraction of sp³-hybridized carbons (Fsp3) is 0.0625. The second kappa shape index (κ2) is 5.82. The molecular weight excluding hydrogens is 222 g/mol. The maximum Gasteiger partial charge on any atom is 0.187 e. The van der Waals surface area contributed by atoms with Crippen LogP contribution in [-0.2, 0) is 0 Å². The van der Waals surface area contributed by atoms with E-state index < -0.39 is 0 Å². The quantitative estimate of drug-likeness (QED) is 0.654. The minimum absolute atomic E-state index is 0.00352. The summed E-state index contributed by atoms with van der Waals surface area (Å²) in [6.07, 6.45) is 1.63. The lowest BCUT2D eigenvalue weighted by Crippen LogP contribution is -2.07. The first-order valence-electron chi connectivity index (χ1n) is 5.85. The topological polar surface area (TPSA) is 29.1 Å². The molecule has 0 fully saturated rings. The Hall–Kier alpha value is -2.35. The monoisotopic (exact) mass is 237 g/mol. The molecule has 0 heterocycles. The predicted octanol–water partition coefficient (Wildman–Crippen LogP) is 3.13. The van der Waals surface area contributed by atoms with Gasteiger partial charge in [-0.2, -0.15) is 0 Å². The molecule has 0 radical (unpaired) electrons. The average molecular weight is 237 g/mol. The first-order valence-corrected chi connectivity index (χ1v) is 5.85. The third kappa shape index (κ3) is 2.86. The maximum atomic E-state index is 12.1. The maximum absolute atomic E-state index is 12.1. The highest BCUT2D eigenvalue weighted by Crippen LogP contribution is 2.12. The molecule has 2 nitrogen and oxygen atoms in total. The first kappa shape index (κ1) is 12.1. The summed E-state index contributed by atoms with van der Waals surface area (Å²) in [6, 6.07) is 19.1. The minimum Gasteiger partial charge on any atom is -0.388 e. The van der Waals surface area contributed by atoms with Gasteiger partial charge in [0, 0.05) is 24.4 Å². The summed E-state index contributed by atoms with van der Waals surface area (Å²) in [5, 5.41) is 3.06. The van der Waals surface area contributed by atoms with Crippen molar-refractivity contribution in [3.05, 3.63) is 77.9 Å². The number of carbonyl (C=O) groups excluding carboxylic acids is 1. The number of ketones is 1. The molecular formula is C16H15NO. The SMILES string of the molecule is CN/C(=C\C(=O)c1ccccc1)c1ccccc1. The summed E-state index contributed by atoms with van der Waals surface area (Å²) in [6.45, 7) is 0. The Morgan fingerprint density at radius 2 is 1.39 bits per heavy atom. The van der Waals surface area contributed by atoms with Crippen molar-refractivity contribution in [2.45, 2.75) is 0 Å². The fourth-order valence-corrected chi connectivity index (χ4v) is 1.73. The van der Waals surface area contributed by atoms with Crippen molar-refractivity contribution in [1.82, 2.24) is 5.32 Å². The largest absolute Gasteiger partial charge is 0.388 e. The van der Waals surface area contributed by atoms with E-state index >= 15 is 0 Å². The number of carbonyl (C=O) groups is 1. The van der Waals surface area contributed by atoms with Crippen molar-refractivity contribution in [1.29, 1.82) is 0 Å². The second-order valence-corrected chi connectivity index (χ2v) is 3.90. The molecule has 0 amide bonds. The highest BCUT2D eigenvalue weighted by molar-refractivity contribution is 6.08. The molecule has 1 N–H and O–H groups in total. The fourth-order valence-electron chi connectivity index (χ4n) is 1.73. The number of rotatable bonds is 4. The average Bonchev–Trinajstić information content (AvgIpc) is 2.46. The lowest BCUT2D eigenvalue weighted by Gasteiger charge is -2.06. The van der Waals surface area contributed by atoms with Crippen molar-refractivity contribution in [2.75, 3.05) is 7.05 Å². The molecule has 0 saturated heterocycles. The van der Waals surface area contributed by atoms with Crippen LogP contribution in [0.4, 0.5) is 0 Å². The molecule has 18 heavy (non-hydrogen) atoms. The number of hydrogen-bond acceptors (Lipinski definition) is 2. The zero-order valence-corrected chi connectivity index (χ0v) is 10.3. The van der Waals surface area contributed by atoms with Crippen molar-refractivity contribution in [3.63, 3.8) is 0 Å². The van der Waals surface area contributed by atoms with Gasteiger partial charge in [-0.15, -0.1) is 0 Å². The van der Waals surface area contributed by atoms with Crippen LogP contribution in [0.15, 0.2) is 66.7 Å². The van der Waals surface area contributed by atoms with E-state index in [1.54, 1.807) is 6.08 Å². The molecule has 0 aromatic heterocycles. The van der Waals surface area contributed by atoms with Gasteiger partial charge in [-0.3, -0.25) is 4.79 Å². The highest BCUT2D eigenvalue weighted by atomic mass is 16.1. The number of nitrogens with one attached hydrogen (secondary N) is 1. The normalized spacial score (nSPS) is 11.1. The van der Waals surface area contributed by atoms with E-state index in [1.807, 2.05) is 67.7 Å². The zero-order valence-electron chi connectivity index (χ0n) is 10.3. The summed E-state index contributed by atoms with van der Waals surface area (Å²) in [5.41, 5.74) is 2.52. The van der Waals surface area contributed by atoms with E-state index in [-0.39, 0.29) is 5.78 Å². The van der Waals surface area contributed by atoms with Crippen LogP contribution in [0.25, 0.3) is 5.70 Å². The van der Waals surface area contributed by atoms with E-state index in [0.717, 1.165) is 11.3 Å². The van der Waals surface area contributed by atoms with Crippen LogP contribution in [0.2, 0.25) is 0 Å². The Kier molecular flexibility index (Phi) is 3.92. The molecule has 90 valence electrons. The third-order valence-corrected chi connectivity index (χ3v) is 2.69. The Morgan fingerprint density at radius 3 is 1.89 bits per heavy atom. The highest BCUT2D eigenvalue weighted by Gasteiger charge is 2.04. The van der Waals surface area contributed by atoms with Gasteiger partial charge >= 0.3 is 0 Å². The predicted molar refractivity (Wildman–Crippen MR) is 74.3 cm³/mol. The van der Waals surface area contributed by atoms with Gasteiger partial charge < -0.3 is 5.32 Å². The van der Waals surface area contributed by atoms with Gasteiger partial charge in [0.2, 0.25) is 0 Å². The van der Waals surface area contributed by atoms with Crippen LogP contribution in [0.3, 0.4) is 0 Å². The zero-order chi connectivity index (χ0) is 12.8. The summed E-state index contributed by atoms with van der Waals surface area (Å²) in [4.78, 5) is 12.1. The third-order valence-electron chi connectivity index (χ3n) is 2.69. The van der Waals surface area contributed by atoms with Crippen molar-refractivity contribution in [3.8, 4) is 0 Å². The minimum atomic E-state index is 0.00352. The molecule has 2 rings (SSSR count). The lowest BCUT2D eigenvalue weighted by atomic mass is 10.1. The molecule has 0 bridgehead atoms. The van der Waals surface area contributed by atoms with E-state index in [9.17, 15) is 4.79 Å². The van der Waals surface area contributed by atoms with Gasteiger partial charge in [-0.1, -0.05) is 60.7 Å². The Bertz CT molecular complexity index is 544. The van der Waals surface area contributed by atoms with Crippen LogP contribution in [0.1, 0.15) is 15.9 Å². The summed E-state index contributed by atoms with van der Waals surface area (Å²) < 4.78 is 0. The van der Waals surface area contributed by atoms with Gasteiger partial charge in [-0.05, 0) is 5.56 Å². The van der Waals surface area contributed by atoms with E-state index in [2.05, 4.69) is 5.32 Å². The van der Waals surface area contributed by atoms with Crippen LogP contribution in [-0.4, -0.2) is 12.8 Å². The molecule has 0 unspecified atom stereocenters. The van der Waals surface area contributed by atoms with Crippen molar-refractivity contribution in [2.24, 2.45) is 0 Å². The molecule has 0 aliphatic heterocycles. The molecule has 0 atom stereocenters. The van der Waals surface area contributed by atoms with Crippen molar-refractivity contribution >= 4 is 11.5 Å². The van der Waals surface area contributed by atoms with Gasteiger partial charge in [0.05, 0.1) is 0 Å². The van der Waals surface area contributed by atoms with Gasteiger partial charge in [0.1, 0.15) is 0 Å². The summed E-state index contributed by atoms with van der Waals surface area (Å²) in [5.74, 6) is 0.00352. The van der Waals surface area contributed by atoms with Crippen molar-refractivity contribution < 1.29 is 4.79 Å². The number of hydrogen-bond donors (Lipinski definition) is 1. The second-order valence-electron chi connectivity index (χ2n) is 3.90. The van der Waals surface area contributed by atoms with Crippen LogP contribution in [0.5, 0.6) is 0 Å². The standard InChI is InChI=1S/C16H15NO/c1-17-15(13-8-4-2-5-9-13)12-16(18)14-10-6-3-7-11-14/h2-12,17H,1H3/b15-12-. The molecule has 0 saturated carbocycles. The molecule has 2 heteroatoms. The van der Waals surface area contributed by atoms with Crippen LogP contribution < -0.4 is 5.32 Å². The van der Waals surface area contributed by atoms with Gasteiger partial charge in [-0.25, -0.2) is 0 Å². The van der Waals surface area contributed by atoms with Gasteiger partial charge in [0.15, 0.2) is 5.78 Å². The summed E-state index contributed by atoms with van der Waals surface area (Å²) in [7, 11) is 1.82. The van der Waals surface area contributed by atoms with E-state index in [0.29, 0.717) is 5.56 Å². The molecule has 0 aliphatic rings.